The fourth-order valence-electron chi connectivity index (χ4n) is 3.37. The fraction of sp³-hybridized carbons (Fsp3) is 0.478. The normalized spacial score (nSPS) is 13.8. The fourth-order valence-corrected chi connectivity index (χ4v) is 3.37. The molecule has 2 heterocycles. The lowest BCUT2D eigenvalue weighted by molar-refractivity contribution is -0.0967. The van der Waals surface area contributed by atoms with Crippen molar-refractivity contribution in [1.82, 2.24) is 10.0 Å². The van der Waals surface area contributed by atoms with Crippen molar-refractivity contribution < 1.29 is 19.1 Å². The van der Waals surface area contributed by atoms with Gasteiger partial charge in [-0.2, -0.15) is 0 Å². The minimum absolute atomic E-state index is 0.145. The molecule has 1 aliphatic heterocycles. The number of pyridine rings is 1. The maximum Gasteiger partial charge on any atom is 0.443 e. The minimum Gasteiger partial charge on any atom is -0.488 e. The van der Waals surface area contributed by atoms with E-state index in [4.69, 9.17) is 14.3 Å². The Kier molecular flexibility index (Phi) is 6.01. The molecule has 156 valence electrons. The van der Waals surface area contributed by atoms with Crippen LogP contribution in [-0.4, -0.2) is 27.8 Å². The molecule has 1 aromatic carbocycles. The third-order valence-electron chi connectivity index (χ3n) is 4.52. The van der Waals surface area contributed by atoms with Gasteiger partial charge in [0.2, 0.25) is 0 Å². The van der Waals surface area contributed by atoms with Crippen LogP contribution in [0.5, 0.6) is 11.5 Å². The van der Waals surface area contributed by atoms with E-state index in [-0.39, 0.29) is 6.04 Å². The summed E-state index contributed by atoms with van der Waals surface area (Å²) in [5.74, 6) is 1.67. The summed E-state index contributed by atoms with van der Waals surface area (Å²) in [4.78, 5) is 22.9. The average molecular weight is 399 g/mol. The molecule has 1 amide bonds. The van der Waals surface area contributed by atoms with E-state index in [1.54, 1.807) is 6.20 Å². The lowest BCUT2D eigenvalue weighted by Crippen LogP contribution is -2.44. The van der Waals surface area contributed by atoms with Gasteiger partial charge in [-0.25, -0.2) is 4.79 Å². The molecule has 0 bridgehead atoms. The van der Waals surface area contributed by atoms with Crippen LogP contribution in [0.15, 0.2) is 36.7 Å². The van der Waals surface area contributed by atoms with Gasteiger partial charge in [0.15, 0.2) is 5.75 Å². The van der Waals surface area contributed by atoms with Crippen LogP contribution in [0.3, 0.4) is 0 Å². The summed E-state index contributed by atoms with van der Waals surface area (Å²) in [7, 11) is 0. The van der Waals surface area contributed by atoms with Crippen molar-refractivity contribution in [3.8, 4) is 22.6 Å². The highest BCUT2D eigenvalue weighted by molar-refractivity contribution is 5.75. The zero-order valence-corrected chi connectivity index (χ0v) is 18.1. The number of hydroxylamine groups is 2. The highest BCUT2D eigenvalue weighted by atomic mass is 16.7. The lowest BCUT2D eigenvalue weighted by atomic mass is 9.99. The largest absolute Gasteiger partial charge is 0.488 e. The topological polar surface area (TPSA) is 60.9 Å². The van der Waals surface area contributed by atoms with Gasteiger partial charge < -0.3 is 14.3 Å². The smallest absolute Gasteiger partial charge is 0.443 e. The van der Waals surface area contributed by atoms with Crippen LogP contribution in [0.1, 0.15) is 53.5 Å². The number of carbonyl (C=O) groups is 1. The van der Waals surface area contributed by atoms with E-state index >= 15 is 0 Å². The molecule has 0 aliphatic carbocycles. The number of amides is 1. The van der Waals surface area contributed by atoms with E-state index in [1.807, 2.05) is 58.2 Å². The molecule has 0 saturated heterocycles. The summed E-state index contributed by atoms with van der Waals surface area (Å²) in [6.45, 7) is 12.2. The first-order valence-electron chi connectivity index (χ1n) is 10.0. The number of carbonyl (C=O) groups excluding carboxylic acids is 1. The molecular weight excluding hydrogens is 368 g/mol. The van der Waals surface area contributed by atoms with Crippen molar-refractivity contribution in [2.24, 2.45) is 5.92 Å². The van der Waals surface area contributed by atoms with Gasteiger partial charge in [0, 0.05) is 29.6 Å². The maximum absolute atomic E-state index is 12.8. The van der Waals surface area contributed by atoms with E-state index in [0.29, 0.717) is 18.3 Å². The van der Waals surface area contributed by atoms with E-state index < -0.39 is 11.7 Å². The highest BCUT2D eigenvalue weighted by Gasteiger charge is 2.29. The molecule has 1 aliphatic rings. The standard InChI is InChI=1S/C23H30N2O4/c1-15(2)11-16(3)25(22(26)28-23(4,5)6)29-18-7-8-20-19-9-10-24-13-17(19)14-27-21(20)12-18/h7-10,12-13,15-16H,11,14H2,1-6H3/t16-/m0/s1. The van der Waals surface area contributed by atoms with Crippen molar-refractivity contribution in [1.29, 1.82) is 0 Å². The summed E-state index contributed by atoms with van der Waals surface area (Å²) in [5.41, 5.74) is 2.53. The molecule has 6 heteroatoms. The molecule has 0 N–H and O–H groups in total. The summed E-state index contributed by atoms with van der Waals surface area (Å²) in [6.07, 6.45) is 3.89. The summed E-state index contributed by atoms with van der Waals surface area (Å²) < 4.78 is 11.4. The van der Waals surface area contributed by atoms with Gasteiger partial charge in [-0.3, -0.25) is 4.98 Å². The third kappa shape index (κ3) is 5.19. The Morgan fingerprint density at radius 3 is 2.66 bits per heavy atom. The maximum atomic E-state index is 12.8. The average Bonchev–Trinajstić information content (AvgIpc) is 2.63. The molecule has 1 aromatic heterocycles. The molecule has 29 heavy (non-hydrogen) atoms. The number of hydrogen-bond acceptors (Lipinski definition) is 5. The third-order valence-corrected chi connectivity index (χ3v) is 4.52. The SMILES string of the molecule is CC(C)C[C@H](C)N(Oc1ccc2c(c1)OCc1cnccc1-2)C(=O)OC(C)(C)C. The number of aromatic nitrogens is 1. The Labute approximate surface area is 172 Å². The molecule has 2 aromatic rings. The van der Waals surface area contributed by atoms with Crippen molar-refractivity contribution in [2.45, 2.75) is 66.2 Å². The Morgan fingerprint density at radius 2 is 1.97 bits per heavy atom. The minimum atomic E-state index is -0.604. The van der Waals surface area contributed by atoms with Crippen LogP contribution in [0.25, 0.3) is 11.1 Å². The molecule has 0 radical (unpaired) electrons. The second-order valence-corrected chi connectivity index (χ2v) is 8.86. The summed E-state index contributed by atoms with van der Waals surface area (Å²) in [5, 5.41) is 1.33. The zero-order valence-electron chi connectivity index (χ0n) is 18.1. The first-order valence-corrected chi connectivity index (χ1v) is 10.0. The van der Waals surface area contributed by atoms with Crippen LogP contribution in [0, 0.1) is 5.92 Å². The van der Waals surface area contributed by atoms with Crippen molar-refractivity contribution in [3.63, 3.8) is 0 Å². The highest BCUT2D eigenvalue weighted by Crippen LogP contribution is 2.39. The van der Waals surface area contributed by atoms with E-state index in [1.165, 1.54) is 5.06 Å². The Hall–Kier alpha value is -2.76. The summed E-state index contributed by atoms with van der Waals surface area (Å²) in [6, 6.07) is 7.45. The van der Waals surface area contributed by atoms with E-state index in [2.05, 4.69) is 18.8 Å². The monoisotopic (exact) mass is 398 g/mol. The zero-order chi connectivity index (χ0) is 21.2. The number of rotatable bonds is 5. The molecular formula is C23H30N2O4. The lowest BCUT2D eigenvalue weighted by Gasteiger charge is -2.31. The van der Waals surface area contributed by atoms with Crippen molar-refractivity contribution >= 4 is 6.09 Å². The van der Waals surface area contributed by atoms with Crippen LogP contribution < -0.4 is 9.57 Å². The van der Waals surface area contributed by atoms with Crippen LogP contribution in [-0.2, 0) is 11.3 Å². The first kappa shape index (κ1) is 21.0. The Bertz CT molecular complexity index is 873. The number of fused-ring (bicyclic) bond motifs is 3. The second-order valence-electron chi connectivity index (χ2n) is 8.86. The van der Waals surface area contributed by atoms with Gasteiger partial charge in [0.05, 0.1) is 6.04 Å². The molecule has 0 saturated carbocycles. The summed E-state index contributed by atoms with van der Waals surface area (Å²) >= 11 is 0. The van der Waals surface area contributed by atoms with E-state index in [9.17, 15) is 4.79 Å². The van der Waals surface area contributed by atoms with Crippen molar-refractivity contribution in [2.75, 3.05) is 0 Å². The predicted octanol–water partition coefficient (Wildman–Crippen LogP) is 5.61. The molecule has 0 fully saturated rings. The number of ether oxygens (including phenoxy) is 2. The molecule has 6 nitrogen and oxygen atoms in total. The van der Waals surface area contributed by atoms with Gasteiger partial charge in [-0.1, -0.05) is 13.8 Å². The molecule has 0 spiro atoms. The number of nitrogens with zero attached hydrogens (tertiary/aromatic N) is 2. The van der Waals surface area contributed by atoms with Gasteiger partial charge in [0.25, 0.3) is 0 Å². The van der Waals surface area contributed by atoms with Crippen LogP contribution >= 0.6 is 0 Å². The molecule has 3 rings (SSSR count). The number of benzene rings is 1. The quantitative estimate of drug-likeness (QED) is 0.613. The van der Waals surface area contributed by atoms with Crippen molar-refractivity contribution in [3.05, 3.63) is 42.2 Å². The Balaban J connectivity index is 1.85. The first-order chi connectivity index (χ1) is 13.6. The van der Waals surface area contributed by atoms with Crippen LogP contribution in [0.2, 0.25) is 0 Å². The Morgan fingerprint density at radius 1 is 1.21 bits per heavy atom. The number of hydrogen-bond donors (Lipinski definition) is 0. The van der Waals surface area contributed by atoms with Gasteiger partial charge >= 0.3 is 6.09 Å². The van der Waals surface area contributed by atoms with Gasteiger partial charge in [-0.05, 0) is 63.8 Å². The molecule has 1 atom stereocenters. The van der Waals surface area contributed by atoms with E-state index in [0.717, 1.165) is 28.9 Å². The molecule has 0 unspecified atom stereocenters. The van der Waals surface area contributed by atoms with Gasteiger partial charge in [-0.15, -0.1) is 5.06 Å². The van der Waals surface area contributed by atoms with Gasteiger partial charge in [0.1, 0.15) is 18.0 Å². The van der Waals surface area contributed by atoms with Crippen LogP contribution in [0.4, 0.5) is 4.79 Å². The second kappa shape index (κ2) is 8.31. The predicted molar refractivity (Wildman–Crippen MR) is 112 cm³/mol.